The minimum Gasteiger partial charge on any atom is -0.491 e. The number of halogens is 1. The van der Waals surface area contributed by atoms with Gasteiger partial charge in [-0.15, -0.1) is 0 Å². The number of aryl methyl sites for hydroxylation is 1. The fourth-order valence-corrected chi connectivity index (χ4v) is 6.72. The van der Waals surface area contributed by atoms with Crippen LogP contribution >= 0.6 is 23.6 Å². The van der Waals surface area contributed by atoms with Gasteiger partial charge in [-0.1, -0.05) is 77.8 Å². The van der Waals surface area contributed by atoms with Gasteiger partial charge < -0.3 is 8.92 Å². The maximum Gasteiger partial charge on any atom is 0.162 e. The second kappa shape index (κ2) is 12.5. The predicted octanol–water partition coefficient (Wildman–Crippen LogP) is 8.47. The zero-order chi connectivity index (χ0) is 28.2. The van der Waals surface area contributed by atoms with Crippen LogP contribution in [0.25, 0.3) is 21.7 Å². The summed E-state index contributed by atoms with van der Waals surface area (Å²) in [5.41, 5.74) is 3.09. The molecular formula is C33H27ClN2O3S2. The normalized spacial score (nSPS) is 12.1. The highest BCUT2D eigenvalue weighted by Crippen LogP contribution is 2.32. The molecule has 0 aliphatic rings. The van der Waals surface area contributed by atoms with Crippen LogP contribution in [-0.4, -0.2) is 27.2 Å². The van der Waals surface area contributed by atoms with Crippen LogP contribution in [0, 0.1) is 6.92 Å². The van der Waals surface area contributed by atoms with Crippen LogP contribution in [0.1, 0.15) is 11.1 Å². The van der Waals surface area contributed by atoms with Crippen molar-refractivity contribution in [2.75, 3.05) is 13.2 Å². The second-order valence-corrected chi connectivity index (χ2v) is 12.3. The number of nitrogens with zero attached hydrogens (tertiary/aromatic N) is 2. The Balaban J connectivity index is 1.28. The molecule has 0 bridgehead atoms. The third-order valence-corrected chi connectivity index (χ3v) is 9.04. The molecule has 0 spiro atoms. The van der Waals surface area contributed by atoms with E-state index >= 15 is 0 Å². The number of hydrogen-bond acceptors (Lipinski definition) is 5. The molecule has 0 saturated carbocycles. The molecular weight excluding hydrogens is 572 g/mol. The standard InChI is InChI=1S/C33H27ClN2O3S2/c1-23-12-15-28(16-13-23)40-39-19-18-38-27-14-17-31-30(21-27)33(35-36(31)22-24-6-4-9-26(34)20-24)41(37)32-11-5-8-25-7-2-3-10-29(25)32/h2-17,20-21H,18-19,22H2,1H3. The predicted molar refractivity (Wildman–Crippen MR) is 167 cm³/mol. The van der Waals surface area contributed by atoms with E-state index in [1.165, 1.54) is 17.6 Å². The highest BCUT2D eigenvalue weighted by molar-refractivity contribution is 7.94. The zero-order valence-corrected chi connectivity index (χ0v) is 24.7. The Hall–Kier alpha value is -3.62. The van der Waals surface area contributed by atoms with Crippen LogP contribution in [-0.2, 0) is 21.5 Å². The second-order valence-electron chi connectivity index (χ2n) is 9.58. The van der Waals surface area contributed by atoms with Gasteiger partial charge in [-0.25, -0.2) is 4.21 Å². The minimum atomic E-state index is -1.52. The lowest BCUT2D eigenvalue weighted by atomic mass is 10.1. The van der Waals surface area contributed by atoms with Crippen molar-refractivity contribution in [1.82, 2.24) is 9.78 Å². The molecule has 5 nitrogen and oxygen atoms in total. The van der Waals surface area contributed by atoms with Crippen LogP contribution in [0.5, 0.6) is 5.75 Å². The highest BCUT2D eigenvalue weighted by Gasteiger charge is 2.20. The van der Waals surface area contributed by atoms with E-state index in [0.717, 1.165) is 37.0 Å². The highest BCUT2D eigenvalue weighted by atomic mass is 35.5. The lowest BCUT2D eigenvalue weighted by molar-refractivity contribution is 0.239. The fraction of sp³-hybridized carbons (Fsp3) is 0.121. The first-order chi connectivity index (χ1) is 20.0. The van der Waals surface area contributed by atoms with Gasteiger partial charge in [0.05, 0.1) is 23.6 Å². The number of rotatable bonds is 10. The van der Waals surface area contributed by atoms with Crippen molar-refractivity contribution in [3.63, 3.8) is 0 Å². The molecule has 5 aromatic carbocycles. The number of aromatic nitrogens is 2. The Morgan fingerprint density at radius 2 is 1.66 bits per heavy atom. The monoisotopic (exact) mass is 598 g/mol. The molecule has 0 saturated heterocycles. The summed E-state index contributed by atoms with van der Waals surface area (Å²) in [6.07, 6.45) is 0. The van der Waals surface area contributed by atoms with Crippen molar-refractivity contribution in [2.24, 2.45) is 0 Å². The average molecular weight is 599 g/mol. The van der Waals surface area contributed by atoms with Gasteiger partial charge in [0.1, 0.15) is 23.2 Å². The number of ether oxygens (including phenoxy) is 1. The Bertz CT molecular complexity index is 1850. The quantitative estimate of drug-likeness (QED) is 0.117. The molecule has 0 amide bonds. The number of benzene rings is 5. The van der Waals surface area contributed by atoms with E-state index in [0.29, 0.717) is 35.6 Å². The van der Waals surface area contributed by atoms with Crippen LogP contribution in [0.4, 0.5) is 0 Å². The topological polar surface area (TPSA) is 53.4 Å². The summed E-state index contributed by atoms with van der Waals surface area (Å²) in [6, 6.07) is 35.5. The number of hydrogen-bond donors (Lipinski definition) is 0. The summed E-state index contributed by atoms with van der Waals surface area (Å²) in [7, 11) is -1.52. The smallest absolute Gasteiger partial charge is 0.162 e. The third-order valence-electron chi connectivity index (χ3n) is 6.65. The zero-order valence-electron chi connectivity index (χ0n) is 22.3. The molecule has 0 radical (unpaired) electrons. The first-order valence-corrected chi connectivity index (χ1v) is 15.5. The summed E-state index contributed by atoms with van der Waals surface area (Å²) in [5, 5.41) is 8.80. The van der Waals surface area contributed by atoms with E-state index < -0.39 is 10.8 Å². The largest absolute Gasteiger partial charge is 0.491 e. The van der Waals surface area contributed by atoms with E-state index in [9.17, 15) is 4.21 Å². The molecule has 0 aliphatic heterocycles. The van der Waals surface area contributed by atoms with Gasteiger partial charge in [0, 0.05) is 27.3 Å². The van der Waals surface area contributed by atoms with Crippen LogP contribution in [0.3, 0.4) is 0 Å². The van der Waals surface area contributed by atoms with Gasteiger partial charge in [-0.05, 0) is 71.8 Å². The molecule has 8 heteroatoms. The molecule has 1 unspecified atom stereocenters. The van der Waals surface area contributed by atoms with E-state index in [1.807, 2.05) is 102 Å². The van der Waals surface area contributed by atoms with Crippen LogP contribution < -0.4 is 4.74 Å². The summed E-state index contributed by atoms with van der Waals surface area (Å²) in [5.74, 6) is 0.667. The van der Waals surface area contributed by atoms with Crippen molar-refractivity contribution < 1.29 is 13.1 Å². The molecule has 1 heterocycles. The molecule has 206 valence electrons. The molecule has 0 fully saturated rings. The van der Waals surface area contributed by atoms with Gasteiger partial charge in [0.2, 0.25) is 0 Å². The van der Waals surface area contributed by atoms with Gasteiger partial charge in [-0.2, -0.15) is 5.10 Å². The van der Waals surface area contributed by atoms with E-state index in [4.69, 9.17) is 25.6 Å². The summed E-state index contributed by atoms with van der Waals surface area (Å²) in [4.78, 5) is 1.77. The Morgan fingerprint density at radius 3 is 2.51 bits per heavy atom. The first kappa shape index (κ1) is 27.5. The van der Waals surface area contributed by atoms with Crippen molar-refractivity contribution in [2.45, 2.75) is 28.3 Å². The Morgan fingerprint density at radius 1 is 0.854 bits per heavy atom. The van der Waals surface area contributed by atoms with E-state index in [2.05, 4.69) is 19.1 Å². The molecule has 1 aromatic heterocycles. The third kappa shape index (κ3) is 6.34. The van der Waals surface area contributed by atoms with Crippen molar-refractivity contribution in [1.29, 1.82) is 0 Å². The van der Waals surface area contributed by atoms with Gasteiger partial charge in [-0.3, -0.25) is 4.68 Å². The van der Waals surface area contributed by atoms with E-state index in [1.54, 1.807) is 0 Å². The molecule has 1 atom stereocenters. The fourth-order valence-electron chi connectivity index (χ4n) is 4.64. The average Bonchev–Trinajstić information content (AvgIpc) is 3.34. The van der Waals surface area contributed by atoms with E-state index in [-0.39, 0.29) is 0 Å². The maximum atomic E-state index is 14.1. The number of fused-ring (bicyclic) bond motifs is 2. The van der Waals surface area contributed by atoms with Gasteiger partial charge in [0.15, 0.2) is 5.03 Å². The van der Waals surface area contributed by atoms with Crippen LogP contribution in [0.2, 0.25) is 5.02 Å². The Kier molecular flexibility index (Phi) is 8.39. The molecule has 0 N–H and O–H groups in total. The summed E-state index contributed by atoms with van der Waals surface area (Å²) >= 11 is 7.58. The van der Waals surface area contributed by atoms with Crippen molar-refractivity contribution in [3.8, 4) is 5.75 Å². The van der Waals surface area contributed by atoms with Gasteiger partial charge >= 0.3 is 0 Å². The van der Waals surface area contributed by atoms with Gasteiger partial charge in [0.25, 0.3) is 0 Å². The lowest BCUT2D eigenvalue weighted by Crippen LogP contribution is -2.04. The Labute approximate surface area is 250 Å². The summed E-state index contributed by atoms with van der Waals surface area (Å²) in [6.45, 7) is 3.35. The van der Waals surface area contributed by atoms with Crippen molar-refractivity contribution in [3.05, 3.63) is 125 Å². The maximum absolute atomic E-state index is 14.1. The molecule has 6 aromatic rings. The summed E-state index contributed by atoms with van der Waals surface area (Å²) < 4.78 is 27.7. The molecule has 6 rings (SSSR count). The van der Waals surface area contributed by atoms with Crippen LogP contribution in [0.15, 0.2) is 124 Å². The molecule has 0 aliphatic carbocycles. The van der Waals surface area contributed by atoms with Crippen molar-refractivity contribution >= 4 is 56.1 Å². The lowest BCUT2D eigenvalue weighted by Gasteiger charge is -2.08. The SMILES string of the molecule is Cc1ccc(SOCCOc2ccc3c(c2)c(S(=O)c2cccc4ccccc24)nn3Cc2cccc(Cl)c2)cc1. The molecule has 41 heavy (non-hydrogen) atoms. The first-order valence-electron chi connectivity index (χ1n) is 13.2. The minimum absolute atomic E-state index is 0.378.